The number of rotatable bonds is 3. The van der Waals surface area contributed by atoms with Gasteiger partial charge >= 0.3 is 0 Å². The molecular formula is C22H26FN5O. The third-order valence-corrected chi connectivity index (χ3v) is 5.69. The van der Waals surface area contributed by atoms with Crippen molar-refractivity contribution < 1.29 is 9.18 Å². The lowest BCUT2D eigenvalue weighted by Crippen LogP contribution is -2.48. The van der Waals surface area contributed by atoms with Crippen molar-refractivity contribution in [2.45, 2.75) is 20.3 Å². The van der Waals surface area contributed by atoms with Crippen LogP contribution in [0, 0.1) is 12.7 Å². The topological polar surface area (TPSA) is 52.0 Å². The summed E-state index contributed by atoms with van der Waals surface area (Å²) in [5, 5.41) is 0. The van der Waals surface area contributed by atoms with E-state index >= 15 is 0 Å². The highest BCUT2D eigenvalue weighted by Crippen LogP contribution is 2.40. The minimum Gasteiger partial charge on any atom is -0.339 e. The van der Waals surface area contributed by atoms with Crippen molar-refractivity contribution >= 4 is 28.7 Å². The Balaban J connectivity index is 1.66. The van der Waals surface area contributed by atoms with E-state index in [0.717, 1.165) is 48.7 Å². The average Bonchev–Trinajstić information content (AvgIpc) is 3.12. The Bertz CT molecular complexity index is 966. The summed E-state index contributed by atoms with van der Waals surface area (Å²) in [6, 6.07) is 6.80. The molecule has 2 aromatic rings. The Kier molecular flexibility index (Phi) is 5.32. The molecule has 0 N–H and O–H groups in total. The molecule has 2 aliphatic rings. The van der Waals surface area contributed by atoms with Gasteiger partial charge in [-0.05, 0) is 57.1 Å². The third kappa shape index (κ3) is 3.87. The second kappa shape index (κ2) is 7.91. The van der Waals surface area contributed by atoms with Gasteiger partial charge in [0.2, 0.25) is 0 Å². The first-order valence-corrected chi connectivity index (χ1v) is 9.98. The highest BCUT2D eigenvalue weighted by atomic mass is 19.1. The van der Waals surface area contributed by atoms with Crippen molar-refractivity contribution in [3.8, 4) is 0 Å². The van der Waals surface area contributed by atoms with Crippen LogP contribution in [0.3, 0.4) is 0 Å². The SMILES string of the molecule is CC(=Nc1c(N2CCc3cc(F)ccc32)ccnc1C)C(=O)N1CCN(C)CC1. The summed E-state index contributed by atoms with van der Waals surface area (Å²) in [6.07, 6.45) is 2.53. The van der Waals surface area contributed by atoms with Gasteiger partial charge in [0.1, 0.15) is 17.2 Å². The van der Waals surface area contributed by atoms with E-state index in [9.17, 15) is 9.18 Å². The molecule has 6 nitrogen and oxygen atoms in total. The molecule has 4 rings (SSSR count). The number of carbonyl (C=O) groups is 1. The van der Waals surface area contributed by atoms with Gasteiger partial charge < -0.3 is 14.7 Å². The summed E-state index contributed by atoms with van der Waals surface area (Å²) in [7, 11) is 2.06. The summed E-state index contributed by atoms with van der Waals surface area (Å²) in [4.78, 5) is 28.2. The molecule has 0 spiro atoms. The lowest BCUT2D eigenvalue weighted by molar-refractivity contribution is -0.125. The first-order valence-electron chi connectivity index (χ1n) is 9.98. The monoisotopic (exact) mass is 395 g/mol. The summed E-state index contributed by atoms with van der Waals surface area (Å²) >= 11 is 0. The van der Waals surface area contributed by atoms with Gasteiger partial charge in [-0.25, -0.2) is 9.38 Å². The van der Waals surface area contributed by atoms with Crippen LogP contribution < -0.4 is 4.90 Å². The predicted molar refractivity (Wildman–Crippen MR) is 113 cm³/mol. The van der Waals surface area contributed by atoms with Crippen LogP contribution >= 0.6 is 0 Å². The number of hydrogen-bond donors (Lipinski definition) is 0. The minimum atomic E-state index is -0.219. The number of anilines is 2. The highest BCUT2D eigenvalue weighted by Gasteiger charge is 2.25. The fourth-order valence-corrected chi connectivity index (χ4v) is 3.98. The number of halogens is 1. The first kappa shape index (κ1) is 19.5. The zero-order valence-electron chi connectivity index (χ0n) is 17.2. The van der Waals surface area contributed by atoms with E-state index < -0.39 is 0 Å². The van der Waals surface area contributed by atoms with Crippen LogP contribution in [0.2, 0.25) is 0 Å². The van der Waals surface area contributed by atoms with Crippen LogP contribution in [-0.2, 0) is 11.2 Å². The summed E-state index contributed by atoms with van der Waals surface area (Å²) in [5.74, 6) is -0.250. The molecule has 1 aromatic heterocycles. The number of aromatic nitrogens is 1. The van der Waals surface area contributed by atoms with Crippen molar-refractivity contribution in [2.24, 2.45) is 4.99 Å². The number of amides is 1. The molecule has 1 amide bonds. The van der Waals surface area contributed by atoms with Gasteiger partial charge in [-0.3, -0.25) is 9.78 Å². The molecule has 0 saturated carbocycles. The van der Waals surface area contributed by atoms with Crippen molar-refractivity contribution in [1.82, 2.24) is 14.8 Å². The molecule has 0 bridgehead atoms. The van der Waals surface area contributed by atoms with Crippen molar-refractivity contribution in [3.63, 3.8) is 0 Å². The van der Waals surface area contributed by atoms with E-state index in [-0.39, 0.29) is 11.7 Å². The zero-order chi connectivity index (χ0) is 20.5. The molecule has 0 radical (unpaired) electrons. The summed E-state index contributed by atoms with van der Waals surface area (Å²) in [5.41, 5.74) is 4.79. The van der Waals surface area contributed by atoms with Gasteiger partial charge in [-0.15, -0.1) is 0 Å². The predicted octanol–water partition coefficient (Wildman–Crippen LogP) is 3.09. The number of piperazine rings is 1. The maximum absolute atomic E-state index is 13.6. The van der Waals surface area contributed by atoms with Crippen molar-refractivity contribution in [2.75, 3.05) is 44.7 Å². The van der Waals surface area contributed by atoms with Gasteiger partial charge in [-0.1, -0.05) is 0 Å². The quantitative estimate of drug-likeness (QED) is 0.750. The van der Waals surface area contributed by atoms with Crippen LogP contribution in [0.4, 0.5) is 21.5 Å². The first-order chi connectivity index (χ1) is 13.9. The van der Waals surface area contributed by atoms with E-state index in [2.05, 4.69) is 21.8 Å². The smallest absolute Gasteiger partial charge is 0.268 e. The molecule has 1 saturated heterocycles. The van der Waals surface area contributed by atoms with Gasteiger partial charge in [0.05, 0.1) is 11.4 Å². The van der Waals surface area contributed by atoms with Gasteiger partial charge in [0.25, 0.3) is 5.91 Å². The Morgan fingerprint density at radius 1 is 1.10 bits per heavy atom. The Labute approximate surface area is 170 Å². The van der Waals surface area contributed by atoms with Crippen molar-refractivity contribution in [3.05, 3.63) is 47.5 Å². The second-order valence-electron chi connectivity index (χ2n) is 7.73. The van der Waals surface area contributed by atoms with E-state index in [1.807, 2.05) is 24.0 Å². The number of carbonyl (C=O) groups excluding carboxylic acids is 1. The number of hydrogen-bond acceptors (Lipinski definition) is 5. The largest absolute Gasteiger partial charge is 0.339 e. The summed E-state index contributed by atoms with van der Waals surface area (Å²) < 4.78 is 13.6. The fraction of sp³-hybridized carbons (Fsp3) is 0.409. The molecule has 0 aliphatic carbocycles. The van der Waals surface area contributed by atoms with Crippen LogP contribution in [0.1, 0.15) is 18.2 Å². The van der Waals surface area contributed by atoms with E-state index in [1.54, 1.807) is 19.2 Å². The Morgan fingerprint density at radius 3 is 2.62 bits per heavy atom. The third-order valence-electron chi connectivity index (χ3n) is 5.69. The number of likely N-dealkylation sites (N-methyl/N-ethyl adjacent to an activating group) is 1. The van der Waals surface area contributed by atoms with Crippen LogP contribution in [0.25, 0.3) is 0 Å². The number of nitrogens with zero attached hydrogens (tertiary/aromatic N) is 5. The standard InChI is InChI=1S/C22H26FN5O/c1-15-21(25-16(2)22(29)27-12-10-26(3)11-13-27)20(6-8-24-15)28-9-7-17-14-18(23)4-5-19(17)28/h4-6,8,14H,7,9-13H2,1-3H3. The zero-order valence-corrected chi connectivity index (χ0v) is 17.2. The minimum absolute atomic E-state index is 0.0313. The number of pyridine rings is 1. The maximum atomic E-state index is 13.6. The molecular weight excluding hydrogens is 369 g/mol. The molecule has 0 atom stereocenters. The fourth-order valence-electron chi connectivity index (χ4n) is 3.98. The molecule has 29 heavy (non-hydrogen) atoms. The molecule has 152 valence electrons. The van der Waals surface area contributed by atoms with Crippen LogP contribution in [-0.4, -0.2) is 66.2 Å². The second-order valence-corrected chi connectivity index (χ2v) is 7.73. The number of aliphatic imine (C=N–C) groups is 1. The molecule has 1 aromatic carbocycles. The average molecular weight is 395 g/mol. The van der Waals surface area contributed by atoms with Gasteiger partial charge in [0.15, 0.2) is 0 Å². The molecule has 7 heteroatoms. The van der Waals surface area contributed by atoms with Gasteiger partial charge in [0, 0.05) is 44.6 Å². The van der Waals surface area contributed by atoms with Crippen LogP contribution in [0.5, 0.6) is 0 Å². The Hall–Kier alpha value is -2.80. The lowest BCUT2D eigenvalue weighted by atomic mass is 10.1. The number of benzene rings is 1. The van der Waals surface area contributed by atoms with Gasteiger partial charge in [-0.2, -0.15) is 0 Å². The number of fused-ring (bicyclic) bond motifs is 1. The van der Waals surface area contributed by atoms with E-state index in [4.69, 9.17) is 4.99 Å². The molecule has 1 fully saturated rings. The van der Waals surface area contributed by atoms with E-state index in [1.165, 1.54) is 6.07 Å². The highest BCUT2D eigenvalue weighted by molar-refractivity contribution is 6.38. The lowest BCUT2D eigenvalue weighted by Gasteiger charge is -2.32. The van der Waals surface area contributed by atoms with Crippen LogP contribution in [0.15, 0.2) is 35.5 Å². The molecule has 3 heterocycles. The molecule has 2 aliphatic heterocycles. The van der Waals surface area contributed by atoms with E-state index in [0.29, 0.717) is 24.5 Å². The molecule has 0 unspecified atom stereocenters. The Morgan fingerprint density at radius 2 is 1.86 bits per heavy atom. The summed E-state index contributed by atoms with van der Waals surface area (Å²) in [6.45, 7) is 7.59. The maximum Gasteiger partial charge on any atom is 0.268 e. The van der Waals surface area contributed by atoms with Crippen molar-refractivity contribution in [1.29, 1.82) is 0 Å². The normalized spacial score (nSPS) is 17.6. The number of aryl methyl sites for hydroxylation is 1.